The number of methoxy groups -OCH3 is 1. The van der Waals surface area contributed by atoms with E-state index < -0.39 is 0 Å². The largest absolute Gasteiger partial charge is 0.469 e. The third kappa shape index (κ3) is 17.6. The Balaban J connectivity index is 3.68. The number of carbonyl (C=O) groups excluding carboxylic acids is 2. The Morgan fingerprint density at radius 3 is 1.72 bits per heavy atom. The van der Waals surface area contributed by atoms with Gasteiger partial charge in [0.05, 0.1) is 7.11 Å². The van der Waals surface area contributed by atoms with Crippen molar-refractivity contribution in [1.29, 1.82) is 0 Å². The van der Waals surface area contributed by atoms with E-state index in [1.807, 2.05) is 0 Å². The maximum absolute atomic E-state index is 11.3. The Hall–Kier alpha value is -1.06. The first-order valence-electron chi connectivity index (χ1n) is 10.3. The highest BCUT2D eigenvalue weighted by Crippen LogP contribution is 2.17. The summed E-state index contributed by atoms with van der Waals surface area (Å²) in [5.74, 6) is -0.303. The van der Waals surface area contributed by atoms with Gasteiger partial charge >= 0.3 is 11.9 Å². The molecule has 0 radical (unpaired) electrons. The molecule has 1 atom stereocenters. The molecule has 0 rings (SSSR count). The van der Waals surface area contributed by atoms with Crippen LogP contribution in [0.15, 0.2) is 0 Å². The van der Waals surface area contributed by atoms with Crippen LogP contribution in [0.1, 0.15) is 110 Å². The number of hydrogen-bond donors (Lipinski definition) is 0. The number of ether oxygens (including phenoxy) is 2. The monoisotopic (exact) mass is 356 g/mol. The van der Waals surface area contributed by atoms with E-state index in [2.05, 4.69) is 11.7 Å². The van der Waals surface area contributed by atoms with Crippen LogP contribution in [0.3, 0.4) is 0 Å². The lowest BCUT2D eigenvalue weighted by molar-refractivity contribution is -0.147. The SMILES string of the molecule is CCCCCCCCCCC(CCCCCCC(=O)OC)OC(C)=O. The molecule has 0 saturated carbocycles. The first-order chi connectivity index (χ1) is 12.1. The highest BCUT2D eigenvalue weighted by atomic mass is 16.5. The van der Waals surface area contributed by atoms with Crippen LogP contribution in [-0.2, 0) is 19.1 Å². The third-order valence-electron chi connectivity index (χ3n) is 4.60. The number of carbonyl (C=O) groups is 2. The van der Waals surface area contributed by atoms with Gasteiger partial charge in [0.15, 0.2) is 0 Å². The van der Waals surface area contributed by atoms with Gasteiger partial charge in [-0.2, -0.15) is 0 Å². The molecule has 0 heterocycles. The lowest BCUT2D eigenvalue weighted by Gasteiger charge is -2.17. The van der Waals surface area contributed by atoms with Gasteiger partial charge in [-0.15, -0.1) is 0 Å². The van der Waals surface area contributed by atoms with E-state index in [1.165, 1.54) is 59.0 Å². The Morgan fingerprint density at radius 1 is 0.760 bits per heavy atom. The lowest BCUT2D eigenvalue weighted by atomic mass is 10.0. The fourth-order valence-corrected chi connectivity index (χ4v) is 3.10. The summed E-state index contributed by atoms with van der Waals surface area (Å²) in [5, 5.41) is 0. The van der Waals surface area contributed by atoms with Gasteiger partial charge in [-0.25, -0.2) is 0 Å². The molecule has 0 aliphatic heterocycles. The Bertz CT molecular complexity index is 328. The smallest absolute Gasteiger partial charge is 0.305 e. The molecule has 4 nitrogen and oxygen atoms in total. The first kappa shape index (κ1) is 23.9. The second-order valence-electron chi connectivity index (χ2n) is 7.02. The van der Waals surface area contributed by atoms with Crippen molar-refractivity contribution in [1.82, 2.24) is 0 Å². The maximum Gasteiger partial charge on any atom is 0.305 e. The number of unbranched alkanes of at least 4 members (excludes halogenated alkanes) is 10. The van der Waals surface area contributed by atoms with Crippen molar-refractivity contribution >= 4 is 11.9 Å². The molecule has 25 heavy (non-hydrogen) atoms. The van der Waals surface area contributed by atoms with Gasteiger partial charge in [0.2, 0.25) is 0 Å². The van der Waals surface area contributed by atoms with Crippen molar-refractivity contribution in [3.63, 3.8) is 0 Å². The molecule has 0 aromatic heterocycles. The minimum absolute atomic E-state index is 0.0678. The molecule has 1 unspecified atom stereocenters. The van der Waals surface area contributed by atoms with E-state index >= 15 is 0 Å². The van der Waals surface area contributed by atoms with Crippen LogP contribution in [0.25, 0.3) is 0 Å². The molecule has 0 aromatic carbocycles. The summed E-state index contributed by atoms with van der Waals surface area (Å²) in [7, 11) is 1.43. The van der Waals surface area contributed by atoms with Crippen molar-refractivity contribution in [2.24, 2.45) is 0 Å². The molecular weight excluding hydrogens is 316 g/mol. The fraction of sp³-hybridized carbons (Fsp3) is 0.905. The molecule has 0 aromatic rings. The van der Waals surface area contributed by atoms with E-state index in [0.717, 1.165) is 44.9 Å². The molecule has 0 saturated heterocycles. The van der Waals surface area contributed by atoms with Gasteiger partial charge in [-0.1, -0.05) is 64.7 Å². The predicted octanol–water partition coefficient (Wildman–Crippen LogP) is 5.96. The molecular formula is C21H40O4. The summed E-state index contributed by atoms with van der Waals surface area (Å²) in [4.78, 5) is 22.3. The quantitative estimate of drug-likeness (QED) is 0.238. The van der Waals surface area contributed by atoms with E-state index in [4.69, 9.17) is 4.74 Å². The van der Waals surface area contributed by atoms with Gasteiger partial charge in [0.25, 0.3) is 0 Å². The minimum Gasteiger partial charge on any atom is -0.469 e. The average Bonchev–Trinajstić information content (AvgIpc) is 2.59. The Morgan fingerprint density at radius 2 is 1.24 bits per heavy atom. The van der Waals surface area contributed by atoms with Crippen molar-refractivity contribution in [2.75, 3.05) is 7.11 Å². The van der Waals surface area contributed by atoms with E-state index in [0.29, 0.717) is 6.42 Å². The van der Waals surface area contributed by atoms with Crippen LogP contribution >= 0.6 is 0 Å². The van der Waals surface area contributed by atoms with E-state index in [-0.39, 0.29) is 18.0 Å². The van der Waals surface area contributed by atoms with Gasteiger partial charge in [0, 0.05) is 13.3 Å². The van der Waals surface area contributed by atoms with E-state index in [9.17, 15) is 9.59 Å². The Kier molecular flexibility index (Phi) is 17.0. The molecule has 0 spiro atoms. The van der Waals surface area contributed by atoms with Gasteiger partial charge in [-0.05, 0) is 32.1 Å². The molecule has 0 amide bonds. The molecule has 0 N–H and O–H groups in total. The Labute approximate surface area is 155 Å². The molecule has 4 heteroatoms. The van der Waals surface area contributed by atoms with Crippen LogP contribution in [0, 0.1) is 0 Å². The van der Waals surface area contributed by atoms with Gasteiger partial charge in [-0.3, -0.25) is 9.59 Å². The lowest BCUT2D eigenvalue weighted by Crippen LogP contribution is -2.16. The summed E-state index contributed by atoms with van der Waals surface area (Å²) in [6, 6.07) is 0. The van der Waals surface area contributed by atoms with Gasteiger partial charge in [0.1, 0.15) is 6.10 Å². The van der Waals surface area contributed by atoms with Crippen molar-refractivity contribution in [3.05, 3.63) is 0 Å². The van der Waals surface area contributed by atoms with Crippen molar-refractivity contribution in [2.45, 2.75) is 116 Å². The first-order valence-corrected chi connectivity index (χ1v) is 10.3. The molecule has 148 valence electrons. The second-order valence-corrected chi connectivity index (χ2v) is 7.02. The maximum atomic E-state index is 11.3. The van der Waals surface area contributed by atoms with Crippen molar-refractivity contribution < 1.29 is 19.1 Å². The number of hydrogen-bond acceptors (Lipinski definition) is 4. The molecule has 0 aliphatic carbocycles. The highest BCUT2D eigenvalue weighted by Gasteiger charge is 2.11. The topological polar surface area (TPSA) is 52.6 Å². The average molecular weight is 357 g/mol. The zero-order chi connectivity index (χ0) is 18.8. The number of rotatable bonds is 17. The zero-order valence-corrected chi connectivity index (χ0v) is 16.8. The van der Waals surface area contributed by atoms with Crippen LogP contribution in [-0.4, -0.2) is 25.2 Å². The fourth-order valence-electron chi connectivity index (χ4n) is 3.10. The van der Waals surface area contributed by atoms with Crippen molar-refractivity contribution in [3.8, 4) is 0 Å². The minimum atomic E-state index is -0.171. The van der Waals surface area contributed by atoms with Crippen LogP contribution in [0.5, 0.6) is 0 Å². The zero-order valence-electron chi connectivity index (χ0n) is 16.8. The van der Waals surface area contributed by atoms with Crippen LogP contribution in [0.4, 0.5) is 0 Å². The predicted molar refractivity (Wildman–Crippen MR) is 102 cm³/mol. The van der Waals surface area contributed by atoms with Crippen LogP contribution < -0.4 is 0 Å². The third-order valence-corrected chi connectivity index (χ3v) is 4.60. The normalized spacial score (nSPS) is 12.0. The summed E-state index contributed by atoms with van der Waals surface area (Å²) < 4.78 is 10.1. The summed E-state index contributed by atoms with van der Waals surface area (Å²) in [5.41, 5.74) is 0. The summed E-state index contributed by atoms with van der Waals surface area (Å²) >= 11 is 0. The molecule has 0 aliphatic rings. The molecule has 0 fully saturated rings. The molecule has 0 bridgehead atoms. The summed E-state index contributed by atoms with van der Waals surface area (Å²) in [6.45, 7) is 3.74. The second kappa shape index (κ2) is 17.8. The van der Waals surface area contributed by atoms with Crippen LogP contribution in [0.2, 0.25) is 0 Å². The summed E-state index contributed by atoms with van der Waals surface area (Å²) in [6.07, 6.45) is 16.9. The number of esters is 2. The van der Waals surface area contributed by atoms with Gasteiger partial charge < -0.3 is 9.47 Å². The van der Waals surface area contributed by atoms with E-state index in [1.54, 1.807) is 0 Å². The standard InChI is InChI=1S/C21H40O4/c1-4-5-6-7-8-9-10-13-16-20(25-19(2)22)17-14-11-12-15-18-21(23)24-3/h20H,4-18H2,1-3H3. The highest BCUT2D eigenvalue weighted by molar-refractivity contribution is 5.68.